The van der Waals surface area contributed by atoms with E-state index in [1.165, 1.54) is 19.3 Å². The molecule has 0 radical (unpaired) electrons. The summed E-state index contributed by atoms with van der Waals surface area (Å²) < 4.78 is 44.7. The summed E-state index contributed by atoms with van der Waals surface area (Å²) in [5.41, 5.74) is 0.157. The molecule has 0 bridgehead atoms. The number of aliphatic hydroxyl groups excluding tert-OH is 1. The molecular formula is C11H11F3O3. The third kappa shape index (κ3) is 3.67. The molecule has 0 spiro atoms. The highest BCUT2D eigenvalue weighted by Gasteiger charge is 2.31. The minimum Gasteiger partial charge on any atom is -0.496 e. The van der Waals surface area contributed by atoms with Crippen LogP contribution < -0.4 is 9.47 Å². The highest BCUT2D eigenvalue weighted by atomic mass is 19.4. The van der Waals surface area contributed by atoms with Crippen LogP contribution >= 0.6 is 0 Å². The maximum absolute atomic E-state index is 12.0. The lowest BCUT2D eigenvalue weighted by Gasteiger charge is -2.14. The molecule has 0 aliphatic heterocycles. The minimum absolute atomic E-state index is 0.157. The van der Waals surface area contributed by atoms with Gasteiger partial charge in [-0.3, -0.25) is 0 Å². The van der Waals surface area contributed by atoms with Crippen molar-refractivity contribution in [1.29, 1.82) is 0 Å². The third-order valence-corrected chi connectivity index (χ3v) is 1.98. The molecule has 17 heavy (non-hydrogen) atoms. The maximum Gasteiger partial charge on any atom is 0.573 e. The smallest absolute Gasteiger partial charge is 0.496 e. The highest BCUT2D eigenvalue weighted by molar-refractivity contribution is 5.42. The number of aliphatic hydroxyl groups is 1. The van der Waals surface area contributed by atoms with Gasteiger partial charge >= 0.3 is 6.36 Å². The van der Waals surface area contributed by atoms with Crippen LogP contribution in [0.5, 0.6) is 11.5 Å². The Bertz CT molecular complexity index is 401. The monoisotopic (exact) mass is 248 g/mol. The van der Waals surface area contributed by atoms with Crippen LogP contribution in [0, 0.1) is 0 Å². The van der Waals surface area contributed by atoms with Gasteiger partial charge in [0.1, 0.15) is 17.6 Å². The third-order valence-electron chi connectivity index (χ3n) is 1.98. The summed E-state index contributed by atoms with van der Waals surface area (Å²) in [6.07, 6.45) is -4.72. The Morgan fingerprint density at radius 2 is 2.06 bits per heavy atom. The van der Waals surface area contributed by atoms with E-state index in [2.05, 4.69) is 11.3 Å². The van der Waals surface area contributed by atoms with Crippen molar-refractivity contribution < 1.29 is 27.8 Å². The van der Waals surface area contributed by atoms with Gasteiger partial charge in [-0.15, -0.1) is 19.8 Å². The number of benzene rings is 1. The van der Waals surface area contributed by atoms with E-state index >= 15 is 0 Å². The van der Waals surface area contributed by atoms with Crippen LogP contribution in [0.15, 0.2) is 30.9 Å². The van der Waals surface area contributed by atoms with Gasteiger partial charge in [0.25, 0.3) is 0 Å². The van der Waals surface area contributed by atoms with E-state index in [0.717, 1.165) is 12.1 Å². The predicted molar refractivity (Wildman–Crippen MR) is 54.8 cm³/mol. The summed E-state index contributed by atoms with van der Waals surface area (Å²) in [6, 6.07) is 3.44. The topological polar surface area (TPSA) is 38.7 Å². The van der Waals surface area contributed by atoms with Crippen LogP contribution in [-0.4, -0.2) is 18.6 Å². The van der Waals surface area contributed by atoms with Crippen molar-refractivity contribution in [1.82, 2.24) is 0 Å². The average Bonchev–Trinajstić information content (AvgIpc) is 2.25. The Balaban J connectivity index is 3.08. The average molecular weight is 248 g/mol. The normalized spacial score (nSPS) is 13.0. The summed E-state index contributed by atoms with van der Waals surface area (Å²) in [7, 11) is 1.35. The molecule has 0 saturated heterocycles. The summed E-state index contributed by atoms with van der Waals surface area (Å²) in [4.78, 5) is 0. The predicted octanol–water partition coefficient (Wildman–Crippen LogP) is 2.81. The number of methoxy groups -OCH3 is 1. The maximum atomic E-state index is 12.0. The summed E-state index contributed by atoms with van der Waals surface area (Å²) in [5.74, 6) is -0.166. The summed E-state index contributed by atoms with van der Waals surface area (Å²) >= 11 is 0. The molecule has 1 aromatic rings. The van der Waals surface area contributed by atoms with Gasteiger partial charge in [-0.25, -0.2) is 0 Å². The molecule has 0 aliphatic carbocycles. The van der Waals surface area contributed by atoms with Crippen LogP contribution in [0.25, 0.3) is 0 Å². The molecule has 1 aromatic carbocycles. The molecule has 0 saturated carbocycles. The summed E-state index contributed by atoms with van der Waals surface area (Å²) in [6.45, 7) is 3.35. The van der Waals surface area contributed by atoms with E-state index in [0.29, 0.717) is 0 Å². The number of ether oxygens (including phenoxy) is 2. The van der Waals surface area contributed by atoms with Crippen LogP contribution in [0.3, 0.4) is 0 Å². The van der Waals surface area contributed by atoms with Crippen molar-refractivity contribution in [3.05, 3.63) is 36.4 Å². The van der Waals surface area contributed by atoms with Gasteiger partial charge in [-0.1, -0.05) is 6.08 Å². The largest absolute Gasteiger partial charge is 0.573 e. The highest BCUT2D eigenvalue weighted by Crippen LogP contribution is 2.32. The zero-order chi connectivity index (χ0) is 13.1. The van der Waals surface area contributed by atoms with E-state index in [9.17, 15) is 18.3 Å². The Morgan fingerprint density at radius 3 is 2.53 bits per heavy atom. The quantitative estimate of drug-likeness (QED) is 0.833. The molecule has 1 atom stereocenters. The van der Waals surface area contributed by atoms with E-state index < -0.39 is 18.2 Å². The summed E-state index contributed by atoms with van der Waals surface area (Å²) in [5, 5.41) is 9.53. The first kappa shape index (κ1) is 13.4. The van der Waals surface area contributed by atoms with Crippen molar-refractivity contribution in [2.45, 2.75) is 12.5 Å². The van der Waals surface area contributed by atoms with Crippen molar-refractivity contribution in [2.75, 3.05) is 7.11 Å². The van der Waals surface area contributed by atoms with Crippen molar-refractivity contribution in [3.8, 4) is 11.5 Å². The van der Waals surface area contributed by atoms with Crippen LogP contribution in [-0.2, 0) is 0 Å². The van der Waals surface area contributed by atoms with Crippen LogP contribution in [0.1, 0.15) is 11.7 Å². The molecule has 3 nitrogen and oxygen atoms in total. The zero-order valence-corrected chi connectivity index (χ0v) is 8.99. The first-order valence-electron chi connectivity index (χ1n) is 4.61. The van der Waals surface area contributed by atoms with Crippen LogP contribution in [0.2, 0.25) is 0 Å². The van der Waals surface area contributed by atoms with Gasteiger partial charge in [0.05, 0.1) is 7.11 Å². The SMILES string of the molecule is C=CC(O)c1cc(OC(F)(F)F)ccc1OC. The number of rotatable bonds is 4. The van der Waals surface area contributed by atoms with Crippen molar-refractivity contribution in [2.24, 2.45) is 0 Å². The number of hydrogen-bond acceptors (Lipinski definition) is 3. The van der Waals surface area contributed by atoms with Gasteiger partial charge in [0.2, 0.25) is 0 Å². The van der Waals surface area contributed by atoms with Gasteiger partial charge in [0.15, 0.2) is 0 Å². The molecule has 0 aliphatic rings. The van der Waals surface area contributed by atoms with Crippen molar-refractivity contribution >= 4 is 0 Å². The standard InChI is InChI=1S/C11H11F3O3/c1-3-9(15)8-6-7(17-11(12,13)14)4-5-10(8)16-2/h3-6,9,15H,1H2,2H3. The van der Waals surface area contributed by atoms with E-state index in [1.807, 2.05) is 0 Å². The first-order chi connectivity index (χ1) is 7.87. The molecule has 1 rings (SSSR count). The zero-order valence-electron chi connectivity index (χ0n) is 8.99. The fourth-order valence-corrected chi connectivity index (χ4v) is 1.27. The second-order valence-corrected chi connectivity index (χ2v) is 3.13. The lowest BCUT2D eigenvalue weighted by atomic mass is 10.1. The van der Waals surface area contributed by atoms with Crippen molar-refractivity contribution in [3.63, 3.8) is 0 Å². The second-order valence-electron chi connectivity index (χ2n) is 3.13. The Labute approximate surface area is 96.1 Å². The van der Waals surface area contributed by atoms with Crippen LogP contribution in [0.4, 0.5) is 13.2 Å². The lowest BCUT2D eigenvalue weighted by Crippen LogP contribution is -2.17. The number of alkyl halides is 3. The minimum atomic E-state index is -4.77. The lowest BCUT2D eigenvalue weighted by molar-refractivity contribution is -0.274. The Morgan fingerprint density at radius 1 is 1.41 bits per heavy atom. The van der Waals surface area contributed by atoms with E-state index in [-0.39, 0.29) is 11.3 Å². The fraction of sp³-hybridized carbons (Fsp3) is 0.273. The molecule has 0 fully saturated rings. The number of hydrogen-bond donors (Lipinski definition) is 1. The molecule has 0 amide bonds. The molecule has 0 aromatic heterocycles. The molecule has 0 heterocycles. The second kappa shape index (κ2) is 5.09. The first-order valence-corrected chi connectivity index (χ1v) is 4.61. The Hall–Kier alpha value is -1.69. The number of halogens is 3. The fourth-order valence-electron chi connectivity index (χ4n) is 1.27. The van der Waals surface area contributed by atoms with Gasteiger partial charge in [-0.05, 0) is 18.2 Å². The van der Waals surface area contributed by atoms with Gasteiger partial charge in [0, 0.05) is 5.56 Å². The molecule has 1 N–H and O–H groups in total. The van der Waals surface area contributed by atoms with E-state index in [1.54, 1.807) is 0 Å². The molecular weight excluding hydrogens is 237 g/mol. The van der Waals surface area contributed by atoms with E-state index in [4.69, 9.17) is 4.74 Å². The van der Waals surface area contributed by atoms with Gasteiger partial charge in [-0.2, -0.15) is 0 Å². The molecule has 6 heteroatoms. The Kier molecular flexibility index (Phi) is 4.01. The molecule has 1 unspecified atom stereocenters. The van der Waals surface area contributed by atoms with Gasteiger partial charge < -0.3 is 14.6 Å². The molecule has 94 valence electrons.